The Bertz CT molecular complexity index is 698. The summed E-state index contributed by atoms with van der Waals surface area (Å²) >= 11 is 0. The molecule has 0 radical (unpaired) electrons. The maximum absolute atomic E-state index is 12.8. The summed E-state index contributed by atoms with van der Waals surface area (Å²) in [4.78, 5) is 15.9. The van der Waals surface area contributed by atoms with Gasteiger partial charge in [0.25, 0.3) is 11.4 Å². The Morgan fingerprint density at radius 2 is 1.45 bits per heavy atom. The molecule has 0 aromatic heterocycles. The predicted octanol–water partition coefficient (Wildman–Crippen LogP) is 2.18. The van der Waals surface area contributed by atoms with Gasteiger partial charge in [-0.3, -0.25) is 20.2 Å². The molecule has 0 amide bonds. The van der Waals surface area contributed by atoms with E-state index in [0.717, 1.165) is 0 Å². The quantitative estimate of drug-likeness (QED) is 0.364. The van der Waals surface area contributed by atoms with Crippen LogP contribution < -0.4 is 0 Å². The van der Waals surface area contributed by atoms with Crippen molar-refractivity contribution >= 4 is 21.6 Å². The average Bonchev–Trinajstić information content (AvgIpc) is 2.24. The van der Waals surface area contributed by atoms with E-state index in [2.05, 4.69) is 0 Å². The molecule has 0 N–H and O–H groups in total. The lowest BCUT2D eigenvalue weighted by molar-refractivity contribution is -0.397. The van der Waals surface area contributed by atoms with E-state index in [9.17, 15) is 45.7 Å². The summed E-state index contributed by atoms with van der Waals surface area (Å²) in [6.45, 7) is 0. The fourth-order valence-corrected chi connectivity index (χ4v) is 1.92. The Morgan fingerprint density at radius 3 is 1.75 bits per heavy atom. The van der Waals surface area contributed by atoms with Crippen LogP contribution in [0.25, 0.3) is 0 Å². The highest BCUT2D eigenvalue weighted by Gasteiger charge is 2.42. The van der Waals surface area contributed by atoms with Crippen molar-refractivity contribution in [3.8, 4) is 0 Å². The minimum absolute atomic E-state index is 0.255. The molecule has 0 saturated heterocycles. The summed E-state index contributed by atoms with van der Waals surface area (Å²) in [7, 11) is -5.87. The van der Waals surface area contributed by atoms with Gasteiger partial charge in [-0.05, 0) is 6.07 Å². The van der Waals surface area contributed by atoms with E-state index >= 15 is 0 Å². The summed E-state index contributed by atoms with van der Waals surface area (Å²) in [6, 6.07) is -0.735. The fraction of sp³-hybridized carbons (Fsp3) is 0.143. The number of rotatable bonds is 3. The van der Waals surface area contributed by atoms with Gasteiger partial charge in [-0.2, -0.15) is 21.6 Å². The molecule has 0 heterocycles. The van der Waals surface area contributed by atoms with Crippen LogP contribution in [0, 0.1) is 20.2 Å². The lowest BCUT2D eigenvalue weighted by Gasteiger charge is -2.08. The minimum Gasteiger partial charge on any atom is -0.258 e. The van der Waals surface area contributed by atoms with Crippen LogP contribution in [0.15, 0.2) is 17.0 Å². The van der Waals surface area contributed by atoms with Crippen LogP contribution in [0.1, 0.15) is 5.56 Å². The van der Waals surface area contributed by atoms with Gasteiger partial charge in [0, 0.05) is 0 Å². The molecule has 0 aliphatic carbocycles. The first-order chi connectivity index (χ1) is 8.85. The topological polar surface area (TPSA) is 120 Å². The highest BCUT2D eigenvalue weighted by Crippen LogP contribution is 2.41. The van der Waals surface area contributed by atoms with Gasteiger partial charge in [0.2, 0.25) is 0 Å². The molecule has 0 atom stereocenters. The number of halogens is 4. The third-order valence-corrected chi connectivity index (χ3v) is 2.89. The Hall–Kier alpha value is -2.31. The Kier molecular flexibility index (Phi) is 3.67. The van der Waals surface area contributed by atoms with Gasteiger partial charge >= 0.3 is 16.4 Å². The van der Waals surface area contributed by atoms with Gasteiger partial charge in [-0.1, -0.05) is 0 Å². The van der Waals surface area contributed by atoms with Crippen molar-refractivity contribution in [1.82, 2.24) is 0 Å². The first kappa shape index (κ1) is 15.7. The maximum atomic E-state index is 12.8. The molecular formula is C7H2F4N2O6S. The van der Waals surface area contributed by atoms with Crippen molar-refractivity contribution in [3.05, 3.63) is 37.9 Å². The molecule has 13 heteroatoms. The zero-order valence-corrected chi connectivity index (χ0v) is 9.74. The molecule has 20 heavy (non-hydrogen) atoms. The van der Waals surface area contributed by atoms with Gasteiger partial charge < -0.3 is 0 Å². The standard InChI is InChI=1S/C7H2F4N2O6S/c8-7(9,10)3-1-6(20(11,18)19)5(13(16)17)2-4(3)12(14)15/h1-2H. The van der Waals surface area contributed by atoms with Crippen LogP contribution in [0.5, 0.6) is 0 Å². The molecule has 0 aliphatic rings. The number of alkyl halides is 3. The third kappa shape index (κ3) is 2.98. The lowest BCUT2D eigenvalue weighted by atomic mass is 10.1. The average molecular weight is 318 g/mol. The van der Waals surface area contributed by atoms with Crippen molar-refractivity contribution in [2.24, 2.45) is 0 Å². The molecule has 0 spiro atoms. The second kappa shape index (κ2) is 4.66. The second-order valence-corrected chi connectivity index (χ2v) is 4.60. The van der Waals surface area contributed by atoms with Crippen molar-refractivity contribution in [1.29, 1.82) is 0 Å². The third-order valence-electron chi connectivity index (χ3n) is 2.04. The monoisotopic (exact) mass is 318 g/mol. The number of nitro benzene ring substituents is 2. The van der Waals surface area contributed by atoms with E-state index < -0.39 is 54.1 Å². The number of nitrogens with zero attached hydrogens (tertiary/aromatic N) is 2. The molecule has 1 aromatic rings. The van der Waals surface area contributed by atoms with Gasteiger partial charge in [0.05, 0.1) is 15.9 Å². The zero-order valence-electron chi connectivity index (χ0n) is 8.92. The van der Waals surface area contributed by atoms with E-state index in [0.29, 0.717) is 0 Å². The molecule has 8 nitrogen and oxygen atoms in total. The van der Waals surface area contributed by atoms with Gasteiger partial charge in [-0.15, -0.1) is 3.89 Å². The van der Waals surface area contributed by atoms with Gasteiger partial charge in [-0.25, -0.2) is 0 Å². The number of hydrogen-bond donors (Lipinski definition) is 0. The minimum atomic E-state index is -5.87. The summed E-state index contributed by atoms with van der Waals surface area (Å²) < 4.78 is 71.5. The van der Waals surface area contributed by atoms with E-state index in [1.807, 2.05) is 0 Å². The summed E-state index contributed by atoms with van der Waals surface area (Å²) in [5.41, 5.74) is -5.52. The van der Waals surface area contributed by atoms with E-state index in [4.69, 9.17) is 0 Å². The van der Waals surface area contributed by atoms with E-state index in [-0.39, 0.29) is 6.07 Å². The Balaban J connectivity index is 3.89. The molecule has 0 unspecified atom stereocenters. The van der Waals surface area contributed by atoms with Gasteiger partial charge in [0.1, 0.15) is 5.56 Å². The van der Waals surface area contributed by atoms with Crippen LogP contribution in [-0.2, 0) is 16.4 Å². The SMILES string of the molecule is O=[N+]([O-])c1cc([N+](=O)[O-])c(S(=O)(=O)F)cc1C(F)(F)F. The van der Waals surface area contributed by atoms with Crippen LogP contribution in [0.3, 0.4) is 0 Å². The van der Waals surface area contributed by atoms with Crippen LogP contribution >= 0.6 is 0 Å². The van der Waals surface area contributed by atoms with Crippen LogP contribution in [-0.4, -0.2) is 18.3 Å². The highest BCUT2D eigenvalue weighted by molar-refractivity contribution is 7.86. The van der Waals surface area contributed by atoms with Gasteiger partial charge in [0.15, 0.2) is 4.90 Å². The zero-order chi connectivity index (χ0) is 15.9. The molecule has 1 rings (SSSR count). The largest absolute Gasteiger partial charge is 0.423 e. The molecule has 1 aromatic carbocycles. The molecule has 0 saturated carbocycles. The first-order valence-corrected chi connectivity index (χ1v) is 5.72. The normalized spacial score (nSPS) is 12.2. The molecule has 110 valence electrons. The lowest BCUT2D eigenvalue weighted by Crippen LogP contribution is -2.12. The predicted molar refractivity (Wildman–Crippen MR) is 53.0 cm³/mol. The fourth-order valence-electron chi connectivity index (χ4n) is 1.27. The van der Waals surface area contributed by atoms with Crippen molar-refractivity contribution < 1.29 is 35.3 Å². The van der Waals surface area contributed by atoms with Crippen molar-refractivity contribution in [3.63, 3.8) is 0 Å². The van der Waals surface area contributed by atoms with E-state index in [1.165, 1.54) is 0 Å². The van der Waals surface area contributed by atoms with Crippen LogP contribution in [0.4, 0.5) is 28.4 Å². The smallest absolute Gasteiger partial charge is 0.258 e. The molecule has 0 aliphatic heterocycles. The van der Waals surface area contributed by atoms with Crippen molar-refractivity contribution in [2.45, 2.75) is 11.1 Å². The molecule has 0 bridgehead atoms. The molecular weight excluding hydrogens is 316 g/mol. The Morgan fingerprint density at radius 1 is 1.00 bits per heavy atom. The summed E-state index contributed by atoms with van der Waals surface area (Å²) in [6.07, 6.45) is -5.39. The number of benzene rings is 1. The summed E-state index contributed by atoms with van der Waals surface area (Å²) in [5.74, 6) is 0. The van der Waals surface area contributed by atoms with Crippen LogP contribution in [0.2, 0.25) is 0 Å². The second-order valence-electron chi connectivity index (χ2n) is 3.29. The Labute approximate surface area is 107 Å². The molecule has 0 fully saturated rings. The summed E-state index contributed by atoms with van der Waals surface area (Å²) in [5, 5.41) is 20.9. The van der Waals surface area contributed by atoms with Crippen molar-refractivity contribution in [2.75, 3.05) is 0 Å². The maximum Gasteiger partial charge on any atom is 0.423 e. The van der Waals surface area contributed by atoms with E-state index in [1.54, 1.807) is 0 Å². The first-order valence-electron chi connectivity index (χ1n) is 4.34. The number of hydrogen-bond acceptors (Lipinski definition) is 6. The number of nitro groups is 2. The highest BCUT2D eigenvalue weighted by atomic mass is 32.3.